The monoisotopic (exact) mass is 224 g/mol. The number of nitrogens with one attached hydrogen (secondary N) is 1. The molecule has 1 rings (SSSR count). The molecule has 1 aromatic rings. The molecule has 90 valence electrons. The maximum Gasteiger partial charge on any atom is 0.218 e. The summed E-state index contributed by atoms with van der Waals surface area (Å²) in [6, 6.07) is 2.04. The summed E-state index contributed by atoms with van der Waals surface area (Å²) >= 11 is 0. The molecule has 16 heavy (non-hydrogen) atoms. The molecule has 0 bridgehead atoms. The maximum atomic E-state index is 5.63. The van der Waals surface area contributed by atoms with Gasteiger partial charge in [0.1, 0.15) is 11.6 Å². The molecule has 0 radical (unpaired) electrons. The number of ether oxygens (including phenoxy) is 1. The molecular weight excluding hydrogens is 204 g/mol. The molecule has 5 heteroatoms. The zero-order chi connectivity index (χ0) is 12.0. The molecule has 0 aliphatic carbocycles. The predicted octanol–water partition coefficient (Wildman–Crippen LogP) is 1.33. The minimum atomic E-state index is 0.240. The Morgan fingerprint density at radius 1 is 1.44 bits per heavy atom. The number of hydrogen-bond acceptors (Lipinski definition) is 5. The van der Waals surface area contributed by atoms with Crippen LogP contribution in [0.15, 0.2) is 6.07 Å². The topological polar surface area (TPSA) is 73.1 Å². The molecule has 0 saturated carbocycles. The van der Waals surface area contributed by atoms with E-state index in [0.717, 1.165) is 12.2 Å². The van der Waals surface area contributed by atoms with Crippen molar-refractivity contribution in [3.05, 3.63) is 11.9 Å². The Balaban J connectivity index is 2.78. The minimum Gasteiger partial charge on any atom is -0.478 e. The third kappa shape index (κ3) is 3.66. The number of hydrogen-bond donors (Lipinski definition) is 2. The number of aromatic nitrogens is 2. The summed E-state index contributed by atoms with van der Waals surface area (Å²) < 4.78 is 5.35. The SMILES string of the molecule is CCOc1cc(NC(CC)CN)nc(C)n1. The highest BCUT2D eigenvalue weighted by Gasteiger charge is 2.07. The normalized spacial score (nSPS) is 12.2. The van der Waals surface area contributed by atoms with Gasteiger partial charge in [-0.15, -0.1) is 0 Å². The van der Waals surface area contributed by atoms with Crippen molar-refractivity contribution in [2.24, 2.45) is 5.73 Å². The molecule has 0 saturated heterocycles. The molecule has 0 aliphatic rings. The Hall–Kier alpha value is -1.36. The highest BCUT2D eigenvalue weighted by molar-refractivity contribution is 5.39. The zero-order valence-electron chi connectivity index (χ0n) is 10.2. The quantitative estimate of drug-likeness (QED) is 0.762. The number of rotatable bonds is 6. The van der Waals surface area contributed by atoms with Gasteiger partial charge in [-0.3, -0.25) is 0 Å². The molecule has 1 unspecified atom stereocenters. The van der Waals surface area contributed by atoms with Crippen LogP contribution in [-0.2, 0) is 0 Å². The molecule has 1 atom stereocenters. The van der Waals surface area contributed by atoms with Gasteiger partial charge in [-0.1, -0.05) is 6.92 Å². The van der Waals surface area contributed by atoms with Crippen molar-refractivity contribution in [3.8, 4) is 5.88 Å². The first-order valence-corrected chi connectivity index (χ1v) is 5.64. The summed E-state index contributed by atoms with van der Waals surface area (Å²) in [5.74, 6) is 2.07. The summed E-state index contributed by atoms with van der Waals surface area (Å²) in [6.45, 7) is 7.05. The van der Waals surface area contributed by atoms with Crippen LogP contribution in [0, 0.1) is 6.92 Å². The highest BCUT2D eigenvalue weighted by Crippen LogP contribution is 2.14. The summed E-state index contributed by atoms with van der Waals surface area (Å²) in [7, 11) is 0. The van der Waals surface area contributed by atoms with Crippen molar-refractivity contribution in [1.82, 2.24) is 9.97 Å². The second kappa shape index (κ2) is 6.27. The van der Waals surface area contributed by atoms with Gasteiger partial charge in [0.05, 0.1) is 6.61 Å². The Kier molecular flexibility index (Phi) is 4.98. The lowest BCUT2D eigenvalue weighted by Gasteiger charge is -2.16. The van der Waals surface area contributed by atoms with Crippen LogP contribution in [0.4, 0.5) is 5.82 Å². The van der Waals surface area contributed by atoms with Gasteiger partial charge in [0, 0.05) is 18.7 Å². The fourth-order valence-corrected chi connectivity index (χ4v) is 1.37. The lowest BCUT2D eigenvalue weighted by atomic mass is 10.2. The number of aryl methyl sites for hydroxylation is 1. The molecule has 0 aliphatic heterocycles. The first-order valence-electron chi connectivity index (χ1n) is 5.64. The molecule has 0 spiro atoms. The van der Waals surface area contributed by atoms with Crippen LogP contribution in [-0.4, -0.2) is 29.2 Å². The molecule has 0 amide bonds. The Labute approximate surface area is 96.4 Å². The average molecular weight is 224 g/mol. The van der Waals surface area contributed by atoms with Gasteiger partial charge in [0.15, 0.2) is 0 Å². The van der Waals surface area contributed by atoms with Crippen LogP contribution in [0.1, 0.15) is 26.1 Å². The third-order valence-corrected chi connectivity index (χ3v) is 2.24. The van der Waals surface area contributed by atoms with Crippen LogP contribution in [0.5, 0.6) is 5.88 Å². The van der Waals surface area contributed by atoms with E-state index in [2.05, 4.69) is 22.2 Å². The minimum absolute atomic E-state index is 0.240. The van der Waals surface area contributed by atoms with Crippen LogP contribution < -0.4 is 15.8 Å². The molecule has 3 N–H and O–H groups in total. The second-order valence-corrected chi connectivity index (χ2v) is 3.56. The van der Waals surface area contributed by atoms with Crippen LogP contribution in [0.2, 0.25) is 0 Å². The van der Waals surface area contributed by atoms with Crippen LogP contribution in [0.3, 0.4) is 0 Å². The summed E-state index contributed by atoms with van der Waals surface area (Å²) in [6.07, 6.45) is 0.962. The van der Waals surface area contributed by atoms with Gasteiger partial charge in [-0.2, -0.15) is 4.98 Å². The standard InChI is InChI=1S/C11H20N4O/c1-4-9(7-12)15-10-6-11(16-5-2)14-8(3)13-10/h6,9H,4-5,7,12H2,1-3H3,(H,13,14,15). The number of nitrogens with two attached hydrogens (primary N) is 1. The van der Waals surface area contributed by atoms with E-state index in [-0.39, 0.29) is 6.04 Å². The molecule has 5 nitrogen and oxygen atoms in total. The van der Waals surface area contributed by atoms with Crippen molar-refractivity contribution in [2.45, 2.75) is 33.2 Å². The lowest BCUT2D eigenvalue weighted by Crippen LogP contribution is -2.28. The van der Waals surface area contributed by atoms with Crippen molar-refractivity contribution in [1.29, 1.82) is 0 Å². The van der Waals surface area contributed by atoms with Gasteiger partial charge < -0.3 is 15.8 Å². The molecular formula is C11H20N4O. The summed E-state index contributed by atoms with van der Waals surface area (Å²) in [5, 5.41) is 3.26. The van der Waals surface area contributed by atoms with Crippen LogP contribution in [0.25, 0.3) is 0 Å². The van der Waals surface area contributed by atoms with Crippen molar-refractivity contribution in [3.63, 3.8) is 0 Å². The van der Waals surface area contributed by atoms with E-state index in [1.54, 1.807) is 6.07 Å². The first kappa shape index (κ1) is 12.7. The zero-order valence-corrected chi connectivity index (χ0v) is 10.2. The van der Waals surface area contributed by atoms with E-state index in [9.17, 15) is 0 Å². The van der Waals surface area contributed by atoms with E-state index < -0.39 is 0 Å². The molecule has 1 aromatic heterocycles. The van der Waals surface area contributed by atoms with E-state index >= 15 is 0 Å². The summed E-state index contributed by atoms with van der Waals surface area (Å²) in [5.41, 5.74) is 5.63. The average Bonchev–Trinajstić information content (AvgIpc) is 2.25. The number of nitrogens with zero attached hydrogens (tertiary/aromatic N) is 2. The third-order valence-electron chi connectivity index (χ3n) is 2.24. The molecule has 0 aromatic carbocycles. The lowest BCUT2D eigenvalue weighted by molar-refractivity contribution is 0.325. The van der Waals surface area contributed by atoms with E-state index in [4.69, 9.17) is 10.5 Å². The van der Waals surface area contributed by atoms with Crippen molar-refractivity contribution < 1.29 is 4.74 Å². The van der Waals surface area contributed by atoms with E-state index in [0.29, 0.717) is 24.9 Å². The van der Waals surface area contributed by atoms with Gasteiger partial charge >= 0.3 is 0 Å². The molecule has 1 heterocycles. The molecule has 0 fully saturated rings. The highest BCUT2D eigenvalue weighted by atomic mass is 16.5. The second-order valence-electron chi connectivity index (χ2n) is 3.56. The van der Waals surface area contributed by atoms with E-state index in [1.165, 1.54) is 0 Å². The fourth-order valence-electron chi connectivity index (χ4n) is 1.37. The summed E-state index contributed by atoms with van der Waals surface area (Å²) in [4.78, 5) is 8.47. The van der Waals surface area contributed by atoms with Gasteiger partial charge in [0.2, 0.25) is 5.88 Å². The van der Waals surface area contributed by atoms with Crippen LogP contribution >= 0.6 is 0 Å². The van der Waals surface area contributed by atoms with Crippen molar-refractivity contribution >= 4 is 5.82 Å². The Bertz CT molecular complexity index is 326. The fraction of sp³-hybridized carbons (Fsp3) is 0.636. The Morgan fingerprint density at radius 2 is 2.19 bits per heavy atom. The Morgan fingerprint density at radius 3 is 2.75 bits per heavy atom. The van der Waals surface area contributed by atoms with Gasteiger partial charge in [0.25, 0.3) is 0 Å². The first-order chi connectivity index (χ1) is 7.69. The predicted molar refractivity (Wildman–Crippen MR) is 64.7 cm³/mol. The smallest absolute Gasteiger partial charge is 0.218 e. The van der Waals surface area contributed by atoms with Gasteiger partial charge in [-0.05, 0) is 20.3 Å². The largest absolute Gasteiger partial charge is 0.478 e. The van der Waals surface area contributed by atoms with Gasteiger partial charge in [-0.25, -0.2) is 4.98 Å². The van der Waals surface area contributed by atoms with E-state index in [1.807, 2.05) is 13.8 Å². The number of anilines is 1. The van der Waals surface area contributed by atoms with Crippen molar-refractivity contribution in [2.75, 3.05) is 18.5 Å². The maximum absolute atomic E-state index is 5.63.